The van der Waals surface area contributed by atoms with E-state index < -0.39 is 9.84 Å². The number of sulfone groups is 1. The lowest BCUT2D eigenvalue weighted by Gasteiger charge is -2.26. The third kappa shape index (κ3) is 3.73. The van der Waals surface area contributed by atoms with Gasteiger partial charge in [-0.25, -0.2) is 8.42 Å². The van der Waals surface area contributed by atoms with Crippen LogP contribution in [-0.2, 0) is 14.6 Å². The number of hydrogen-bond acceptors (Lipinski definition) is 4. The monoisotopic (exact) mass is 400 g/mol. The van der Waals surface area contributed by atoms with Crippen LogP contribution in [0.5, 0.6) is 0 Å². The molecule has 0 spiro atoms. The summed E-state index contributed by atoms with van der Waals surface area (Å²) in [6.45, 7) is 5.75. The molecule has 0 unspecified atom stereocenters. The van der Waals surface area contributed by atoms with Gasteiger partial charge in [0.15, 0.2) is 15.0 Å². The second-order valence-electron chi connectivity index (χ2n) is 6.64. The van der Waals surface area contributed by atoms with E-state index in [0.717, 1.165) is 17.7 Å². The van der Waals surface area contributed by atoms with Gasteiger partial charge in [0.05, 0.1) is 17.5 Å². The summed E-state index contributed by atoms with van der Waals surface area (Å²) in [6.07, 6.45) is 0.720. The molecule has 2 aliphatic heterocycles. The van der Waals surface area contributed by atoms with Crippen LogP contribution in [0.15, 0.2) is 23.2 Å². The molecule has 3 atom stereocenters. The zero-order valence-corrected chi connectivity index (χ0v) is 16.8. The van der Waals surface area contributed by atoms with Gasteiger partial charge in [-0.15, -0.1) is 0 Å². The van der Waals surface area contributed by atoms with Gasteiger partial charge in [0.1, 0.15) is 0 Å². The fourth-order valence-electron chi connectivity index (χ4n) is 3.07. The molecule has 0 N–H and O–H groups in total. The van der Waals surface area contributed by atoms with Crippen LogP contribution in [-0.4, -0.2) is 42.3 Å². The maximum absolute atomic E-state index is 12.3. The number of carbonyl (C=O) groups excluding carboxylic acids is 1. The van der Waals surface area contributed by atoms with Gasteiger partial charge in [-0.1, -0.05) is 43.3 Å². The molecule has 2 fully saturated rings. The molecular weight excluding hydrogens is 380 g/mol. The van der Waals surface area contributed by atoms with E-state index in [4.69, 9.17) is 11.6 Å². The summed E-state index contributed by atoms with van der Waals surface area (Å²) in [5.74, 6) is -0.126. The summed E-state index contributed by atoms with van der Waals surface area (Å²) in [4.78, 5) is 18.6. The summed E-state index contributed by atoms with van der Waals surface area (Å²) >= 11 is 7.55. The molecule has 2 aliphatic rings. The predicted octanol–water partition coefficient (Wildman–Crippen LogP) is 3.30. The number of benzene rings is 1. The Morgan fingerprint density at radius 2 is 2.16 bits per heavy atom. The van der Waals surface area contributed by atoms with Crippen molar-refractivity contribution in [3.63, 3.8) is 0 Å². The molecule has 1 aromatic rings. The molecule has 0 bridgehead atoms. The normalized spacial score (nSPS) is 27.5. The molecule has 1 aromatic carbocycles. The minimum Gasteiger partial charge on any atom is -0.315 e. The molecule has 5 nitrogen and oxygen atoms in total. The van der Waals surface area contributed by atoms with Gasteiger partial charge in [0.25, 0.3) is 5.91 Å². The number of amidine groups is 1. The van der Waals surface area contributed by atoms with Crippen LogP contribution in [0.4, 0.5) is 5.69 Å². The van der Waals surface area contributed by atoms with Crippen molar-refractivity contribution in [3.05, 3.63) is 28.8 Å². The van der Waals surface area contributed by atoms with Crippen LogP contribution in [0.25, 0.3) is 0 Å². The molecule has 8 heteroatoms. The van der Waals surface area contributed by atoms with Crippen molar-refractivity contribution in [1.82, 2.24) is 0 Å². The smallest absolute Gasteiger partial charge is 0.250 e. The molecule has 0 aliphatic carbocycles. The molecule has 0 saturated carbocycles. The van der Waals surface area contributed by atoms with Gasteiger partial charge in [0, 0.05) is 21.9 Å². The number of aliphatic imine (C=N–C) groups is 1. The molecule has 0 aromatic heterocycles. The van der Waals surface area contributed by atoms with Crippen molar-refractivity contribution < 1.29 is 13.2 Å². The van der Waals surface area contributed by atoms with Crippen molar-refractivity contribution in [2.45, 2.75) is 38.5 Å². The first kappa shape index (κ1) is 18.7. The lowest BCUT2D eigenvalue weighted by molar-refractivity contribution is -0.121. The van der Waals surface area contributed by atoms with E-state index in [1.165, 1.54) is 11.8 Å². The lowest BCUT2D eigenvalue weighted by atomic mass is 10.1. The average molecular weight is 401 g/mol. The largest absolute Gasteiger partial charge is 0.315 e. The summed E-state index contributed by atoms with van der Waals surface area (Å²) < 4.78 is 24.2. The van der Waals surface area contributed by atoms with E-state index in [-0.39, 0.29) is 34.6 Å². The number of nitrogens with zero attached hydrogens (tertiary/aromatic N) is 2. The van der Waals surface area contributed by atoms with E-state index in [1.807, 2.05) is 37.8 Å². The zero-order valence-electron chi connectivity index (χ0n) is 14.4. The van der Waals surface area contributed by atoms with Crippen molar-refractivity contribution >= 4 is 50.0 Å². The first-order valence-corrected chi connectivity index (χ1v) is 11.3. The average Bonchev–Trinajstić information content (AvgIpc) is 3.00. The van der Waals surface area contributed by atoms with E-state index in [9.17, 15) is 13.2 Å². The van der Waals surface area contributed by atoms with Crippen molar-refractivity contribution in [2.24, 2.45) is 10.9 Å². The first-order valence-electron chi connectivity index (χ1n) is 8.27. The Labute approximate surface area is 157 Å². The topological polar surface area (TPSA) is 66.8 Å². The highest BCUT2D eigenvalue weighted by molar-refractivity contribution is 8.16. The minimum atomic E-state index is -3.08. The third-order valence-corrected chi connectivity index (χ3v) is 8.18. The second kappa shape index (κ2) is 6.93. The maximum Gasteiger partial charge on any atom is 0.250 e. The minimum absolute atomic E-state index is 0.0765. The number of aryl methyl sites for hydroxylation is 1. The summed E-state index contributed by atoms with van der Waals surface area (Å²) in [7, 11) is -3.08. The van der Waals surface area contributed by atoms with Gasteiger partial charge in [-0.3, -0.25) is 4.79 Å². The van der Waals surface area contributed by atoms with Gasteiger partial charge in [0.2, 0.25) is 0 Å². The SMILES string of the molecule is CC[C@@H](C)C(=O)N=C1S[C@H]2CS(=O)(=O)C[C@H]2N1c1cc(Cl)ccc1C. The molecule has 1 amide bonds. The van der Waals surface area contributed by atoms with Crippen molar-refractivity contribution in [2.75, 3.05) is 16.4 Å². The quantitative estimate of drug-likeness (QED) is 0.778. The highest BCUT2D eigenvalue weighted by Crippen LogP contribution is 2.42. The fourth-order valence-corrected chi connectivity index (χ4v) is 7.15. The second-order valence-corrected chi connectivity index (χ2v) is 10.4. The van der Waals surface area contributed by atoms with Crippen LogP contribution < -0.4 is 4.90 Å². The number of amides is 1. The number of carbonyl (C=O) groups is 1. The van der Waals surface area contributed by atoms with Crippen LogP contribution in [0.1, 0.15) is 25.8 Å². The Kier molecular flexibility index (Phi) is 5.19. The van der Waals surface area contributed by atoms with Gasteiger partial charge in [-0.05, 0) is 31.0 Å². The van der Waals surface area contributed by atoms with Crippen LogP contribution >= 0.6 is 23.4 Å². The number of rotatable bonds is 3. The van der Waals surface area contributed by atoms with Crippen LogP contribution in [0.3, 0.4) is 0 Å². The number of hydrogen-bond donors (Lipinski definition) is 0. The number of anilines is 1. The Morgan fingerprint density at radius 3 is 2.84 bits per heavy atom. The van der Waals surface area contributed by atoms with Crippen molar-refractivity contribution in [3.8, 4) is 0 Å². The predicted molar refractivity (Wildman–Crippen MR) is 104 cm³/mol. The molecule has 2 heterocycles. The maximum atomic E-state index is 12.3. The van der Waals surface area contributed by atoms with E-state index >= 15 is 0 Å². The highest BCUT2D eigenvalue weighted by Gasteiger charge is 2.49. The molecule has 2 saturated heterocycles. The third-order valence-electron chi connectivity index (χ3n) is 4.74. The van der Waals surface area contributed by atoms with Crippen LogP contribution in [0, 0.1) is 12.8 Å². The number of fused-ring (bicyclic) bond motifs is 1. The molecule has 0 radical (unpaired) electrons. The highest BCUT2D eigenvalue weighted by atomic mass is 35.5. The summed E-state index contributed by atoms with van der Waals surface area (Å²) in [5, 5.41) is 1.05. The summed E-state index contributed by atoms with van der Waals surface area (Å²) in [6, 6.07) is 5.30. The van der Waals surface area contributed by atoms with E-state index in [1.54, 1.807) is 6.07 Å². The van der Waals surface area contributed by atoms with Gasteiger partial charge >= 0.3 is 0 Å². The number of halogens is 1. The van der Waals surface area contributed by atoms with Gasteiger partial charge < -0.3 is 4.90 Å². The molecule has 3 rings (SSSR count). The Morgan fingerprint density at radius 1 is 1.44 bits per heavy atom. The molecule has 136 valence electrons. The van der Waals surface area contributed by atoms with Crippen molar-refractivity contribution in [1.29, 1.82) is 0 Å². The standard InChI is InChI=1S/C17H21ClN2O3S2/c1-4-10(2)16(21)19-17-20(13-7-12(18)6-5-11(13)3)14-8-25(22,23)9-15(14)24-17/h5-7,10,14-15H,4,8-9H2,1-3H3/t10-,14-,15+/m1/s1. The molecule has 25 heavy (non-hydrogen) atoms. The lowest BCUT2D eigenvalue weighted by Crippen LogP contribution is -2.38. The van der Waals surface area contributed by atoms with E-state index in [2.05, 4.69) is 4.99 Å². The number of thioether (sulfide) groups is 1. The van der Waals surface area contributed by atoms with E-state index in [0.29, 0.717) is 10.2 Å². The Balaban J connectivity index is 2.05. The summed E-state index contributed by atoms with van der Waals surface area (Å²) in [5.41, 5.74) is 1.79. The Bertz CT molecular complexity index is 838. The Hall–Kier alpha value is -1.05. The van der Waals surface area contributed by atoms with Crippen LogP contribution in [0.2, 0.25) is 5.02 Å². The molecular formula is C17H21ClN2O3S2. The zero-order chi connectivity index (χ0) is 18.4. The van der Waals surface area contributed by atoms with Gasteiger partial charge in [-0.2, -0.15) is 4.99 Å². The first-order chi connectivity index (χ1) is 11.7. The fraction of sp³-hybridized carbons (Fsp3) is 0.529.